The standard InChI is InChI=1S/C22H23N2OSSi/c1-12-14-9-7-8-10-15(14)13(2)19-16(12)18-17-20(25-19)22(27(4,5)6)26-21(17)23-11-24(18)3/h7-11H,1-6H3/q+1. The summed E-state index contributed by atoms with van der Waals surface area (Å²) in [6, 6.07) is 8.64. The van der Waals surface area contributed by atoms with Gasteiger partial charge in [-0.3, -0.25) is 0 Å². The van der Waals surface area contributed by atoms with Crippen LogP contribution in [0.15, 0.2) is 30.6 Å². The summed E-state index contributed by atoms with van der Waals surface area (Å²) in [5.74, 6) is 2.07. The molecule has 2 aromatic heterocycles. The Bertz CT molecular complexity index is 1270. The lowest BCUT2D eigenvalue weighted by molar-refractivity contribution is -0.662. The number of thiophene rings is 1. The average molecular weight is 392 g/mol. The summed E-state index contributed by atoms with van der Waals surface area (Å²) in [6.45, 7) is 11.5. The van der Waals surface area contributed by atoms with Crippen LogP contribution in [0.25, 0.3) is 32.2 Å². The summed E-state index contributed by atoms with van der Waals surface area (Å²) < 4.78 is 10.3. The predicted molar refractivity (Wildman–Crippen MR) is 116 cm³/mol. The van der Waals surface area contributed by atoms with Crippen LogP contribution >= 0.6 is 11.3 Å². The van der Waals surface area contributed by atoms with Crippen LogP contribution in [-0.4, -0.2) is 13.1 Å². The van der Waals surface area contributed by atoms with E-state index in [0.29, 0.717) is 0 Å². The summed E-state index contributed by atoms with van der Waals surface area (Å²) in [4.78, 5) is 5.82. The molecule has 1 aliphatic heterocycles. The van der Waals surface area contributed by atoms with Gasteiger partial charge < -0.3 is 4.74 Å². The van der Waals surface area contributed by atoms with Crippen LogP contribution < -0.4 is 13.8 Å². The first-order chi connectivity index (χ1) is 12.8. The van der Waals surface area contributed by atoms with Crippen molar-refractivity contribution in [1.29, 1.82) is 0 Å². The Balaban J connectivity index is 2.01. The van der Waals surface area contributed by atoms with Gasteiger partial charge in [-0.1, -0.05) is 55.2 Å². The SMILES string of the molecule is Cc1c2c(c(C)c3ccccc13)-c1c3c(c([Si](C)(C)C)sc3nc[n+]1C)O2. The maximum atomic E-state index is 6.71. The zero-order valence-electron chi connectivity index (χ0n) is 16.6. The van der Waals surface area contributed by atoms with Gasteiger partial charge in [0.25, 0.3) is 6.33 Å². The van der Waals surface area contributed by atoms with Crippen molar-refractivity contribution in [3.63, 3.8) is 0 Å². The van der Waals surface area contributed by atoms with Gasteiger partial charge in [0.05, 0.1) is 20.7 Å². The normalized spacial score (nSPS) is 13.1. The summed E-state index contributed by atoms with van der Waals surface area (Å²) >= 11 is 1.82. The summed E-state index contributed by atoms with van der Waals surface area (Å²) in [7, 11) is 0.544. The maximum absolute atomic E-state index is 6.71. The van der Waals surface area contributed by atoms with E-state index in [9.17, 15) is 0 Å². The molecule has 0 radical (unpaired) electrons. The molecule has 0 saturated heterocycles. The Morgan fingerprint density at radius 1 is 1.00 bits per heavy atom. The van der Waals surface area contributed by atoms with Gasteiger partial charge >= 0.3 is 0 Å². The van der Waals surface area contributed by atoms with E-state index in [1.807, 2.05) is 17.7 Å². The van der Waals surface area contributed by atoms with Crippen LogP contribution in [0.1, 0.15) is 11.1 Å². The summed E-state index contributed by atoms with van der Waals surface area (Å²) in [5, 5.41) is 3.76. The third kappa shape index (κ3) is 2.18. The molecule has 5 heteroatoms. The molecule has 0 bridgehead atoms. The van der Waals surface area contributed by atoms with Crippen LogP contribution in [0, 0.1) is 13.8 Å². The van der Waals surface area contributed by atoms with E-state index in [1.165, 1.54) is 43.0 Å². The average Bonchev–Trinajstić information content (AvgIpc) is 3.02. The fourth-order valence-corrected chi connectivity index (χ4v) is 7.43. The molecule has 3 heterocycles. The van der Waals surface area contributed by atoms with E-state index in [2.05, 4.69) is 69.4 Å². The second-order valence-electron chi connectivity index (χ2n) is 8.50. The number of ether oxygens (including phenoxy) is 1. The lowest BCUT2D eigenvalue weighted by Gasteiger charge is -2.25. The van der Waals surface area contributed by atoms with Crippen LogP contribution in [0.2, 0.25) is 19.6 Å². The minimum Gasteiger partial charge on any atom is -0.455 e. The van der Waals surface area contributed by atoms with Gasteiger partial charge in [0, 0.05) is 10.1 Å². The fraction of sp³-hybridized carbons (Fsp3) is 0.273. The Labute approximate surface area is 164 Å². The lowest BCUT2D eigenvalue weighted by atomic mass is 9.91. The van der Waals surface area contributed by atoms with Gasteiger partial charge in [-0.05, 0) is 35.2 Å². The highest BCUT2D eigenvalue weighted by atomic mass is 32.1. The van der Waals surface area contributed by atoms with Crippen LogP contribution in [0.4, 0.5) is 0 Å². The lowest BCUT2D eigenvalue weighted by Crippen LogP contribution is -2.37. The largest absolute Gasteiger partial charge is 0.455 e. The number of hydrogen-bond acceptors (Lipinski definition) is 3. The molecule has 0 amide bonds. The van der Waals surface area contributed by atoms with Gasteiger partial charge in [-0.15, -0.1) is 0 Å². The Morgan fingerprint density at radius 3 is 2.33 bits per heavy atom. The number of aryl methyl sites for hydroxylation is 3. The van der Waals surface area contributed by atoms with Crippen molar-refractivity contribution in [3.05, 3.63) is 41.7 Å². The molecule has 0 fully saturated rings. The van der Waals surface area contributed by atoms with Crippen molar-refractivity contribution in [2.75, 3.05) is 0 Å². The number of hydrogen-bond donors (Lipinski definition) is 0. The Hall–Kier alpha value is -2.24. The zero-order valence-corrected chi connectivity index (χ0v) is 18.4. The molecule has 4 aromatic rings. The first-order valence-corrected chi connectivity index (χ1v) is 13.6. The van der Waals surface area contributed by atoms with Crippen LogP contribution in [0.5, 0.6) is 11.5 Å². The number of nitrogens with zero attached hydrogens (tertiary/aromatic N) is 2. The van der Waals surface area contributed by atoms with Crippen molar-refractivity contribution in [2.24, 2.45) is 7.05 Å². The number of rotatable bonds is 1. The number of fused-ring (bicyclic) bond motifs is 3. The molecule has 2 aromatic carbocycles. The van der Waals surface area contributed by atoms with Gasteiger partial charge in [-0.2, -0.15) is 0 Å². The zero-order chi connectivity index (χ0) is 19.1. The monoisotopic (exact) mass is 391 g/mol. The van der Waals surface area contributed by atoms with Gasteiger partial charge in [0.1, 0.15) is 11.1 Å². The number of aromatic nitrogens is 2. The van der Waals surface area contributed by atoms with Crippen molar-refractivity contribution in [3.8, 4) is 22.8 Å². The highest BCUT2D eigenvalue weighted by Crippen LogP contribution is 2.51. The van der Waals surface area contributed by atoms with Crippen LogP contribution in [-0.2, 0) is 7.05 Å². The number of benzene rings is 2. The van der Waals surface area contributed by atoms with Gasteiger partial charge in [-0.25, -0.2) is 4.57 Å². The Kier molecular flexibility index (Phi) is 3.38. The predicted octanol–water partition coefficient (Wildman–Crippen LogP) is 5.21. The third-order valence-electron chi connectivity index (χ3n) is 5.58. The first-order valence-electron chi connectivity index (χ1n) is 9.30. The summed E-state index contributed by atoms with van der Waals surface area (Å²) in [5.41, 5.74) is 4.95. The van der Waals surface area contributed by atoms with E-state index < -0.39 is 8.07 Å². The topological polar surface area (TPSA) is 26.0 Å². The van der Waals surface area contributed by atoms with Crippen molar-refractivity contribution in [2.45, 2.75) is 33.5 Å². The molecule has 0 spiro atoms. The molecule has 27 heavy (non-hydrogen) atoms. The molecule has 136 valence electrons. The molecule has 0 N–H and O–H groups in total. The van der Waals surface area contributed by atoms with E-state index in [0.717, 1.165) is 16.3 Å². The second-order valence-corrected chi connectivity index (χ2v) is 14.9. The summed E-state index contributed by atoms with van der Waals surface area (Å²) in [6.07, 6.45) is 1.95. The molecule has 0 unspecified atom stereocenters. The van der Waals surface area contributed by atoms with E-state index in [1.54, 1.807) is 0 Å². The molecule has 3 nitrogen and oxygen atoms in total. The minimum atomic E-state index is -1.55. The van der Waals surface area contributed by atoms with E-state index in [-0.39, 0.29) is 0 Å². The quantitative estimate of drug-likeness (QED) is 0.290. The second kappa shape index (κ2) is 5.39. The fourth-order valence-electron chi connectivity index (χ4n) is 4.24. The Morgan fingerprint density at radius 2 is 1.67 bits per heavy atom. The molecule has 1 aliphatic rings. The molecule has 0 saturated carbocycles. The minimum absolute atomic E-state index is 1.01. The molecule has 0 atom stereocenters. The van der Waals surface area contributed by atoms with Crippen LogP contribution in [0.3, 0.4) is 0 Å². The molecule has 5 rings (SSSR count). The first kappa shape index (κ1) is 16.9. The van der Waals surface area contributed by atoms with Gasteiger partial charge in [0.15, 0.2) is 11.4 Å². The maximum Gasteiger partial charge on any atom is 0.288 e. The van der Waals surface area contributed by atoms with Gasteiger partial charge in [0.2, 0.25) is 4.83 Å². The molecular formula is C22H23N2OSSi+. The molecular weight excluding hydrogens is 368 g/mol. The van der Waals surface area contributed by atoms with E-state index >= 15 is 0 Å². The van der Waals surface area contributed by atoms with Crippen molar-refractivity contribution >= 4 is 44.9 Å². The van der Waals surface area contributed by atoms with Crippen molar-refractivity contribution in [1.82, 2.24) is 4.98 Å². The highest BCUT2D eigenvalue weighted by Gasteiger charge is 2.37. The molecule has 0 aliphatic carbocycles. The highest BCUT2D eigenvalue weighted by molar-refractivity contribution is 7.31. The third-order valence-corrected chi connectivity index (χ3v) is 10.2. The van der Waals surface area contributed by atoms with E-state index in [4.69, 9.17) is 9.72 Å². The smallest absolute Gasteiger partial charge is 0.288 e. The van der Waals surface area contributed by atoms with Crippen molar-refractivity contribution < 1.29 is 9.30 Å².